The zero-order valence-corrected chi connectivity index (χ0v) is 13.8. The third-order valence-corrected chi connectivity index (χ3v) is 7.27. The Morgan fingerprint density at radius 3 is 2.15 bits per heavy atom. The molecule has 100 valence electrons. The Hall–Kier alpha value is -1.38. The second kappa shape index (κ2) is 4.06. The van der Waals surface area contributed by atoms with Gasteiger partial charge in [-0.15, -0.1) is 22.7 Å². The largest absolute Gasteiger partial charge is 0.134 e. The molecule has 2 heteroatoms. The summed E-state index contributed by atoms with van der Waals surface area (Å²) in [5.41, 5.74) is 5.82. The quantitative estimate of drug-likeness (QED) is 0.347. The van der Waals surface area contributed by atoms with Gasteiger partial charge >= 0.3 is 0 Å². The SMILES string of the molecule is Cc1c(C)c(C)c2c(sc3c4ccccc4sc32)c1C. The molecule has 4 rings (SSSR count). The van der Waals surface area contributed by atoms with Crippen molar-refractivity contribution >= 4 is 52.2 Å². The normalized spacial score (nSPS) is 12.0. The van der Waals surface area contributed by atoms with Gasteiger partial charge in [0, 0.05) is 20.2 Å². The van der Waals surface area contributed by atoms with Crippen molar-refractivity contribution in [3.8, 4) is 0 Å². The van der Waals surface area contributed by atoms with Crippen molar-refractivity contribution in [3.63, 3.8) is 0 Å². The summed E-state index contributed by atoms with van der Waals surface area (Å²) in [6, 6.07) is 8.78. The van der Waals surface area contributed by atoms with E-state index in [4.69, 9.17) is 0 Å². The maximum atomic E-state index is 2.28. The molecule has 0 spiro atoms. The van der Waals surface area contributed by atoms with Crippen LogP contribution in [0.1, 0.15) is 22.3 Å². The van der Waals surface area contributed by atoms with E-state index in [1.165, 1.54) is 51.8 Å². The summed E-state index contributed by atoms with van der Waals surface area (Å²) < 4.78 is 5.84. The van der Waals surface area contributed by atoms with Gasteiger partial charge in [-0.3, -0.25) is 0 Å². The van der Waals surface area contributed by atoms with E-state index < -0.39 is 0 Å². The Kier molecular flexibility index (Phi) is 2.51. The summed E-state index contributed by atoms with van der Waals surface area (Å²) in [4.78, 5) is 0. The highest BCUT2D eigenvalue weighted by Crippen LogP contribution is 2.47. The van der Waals surface area contributed by atoms with Gasteiger partial charge in [0.05, 0.1) is 9.40 Å². The van der Waals surface area contributed by atoms with E-state index in [1.54, 1.807) is 0 Å². The third kappa shape index (κ3) is 1.41. The van der Waals surface area contributed by atoms with Crippen LogP contribution in [0.2, 0.25) is 0 Å². The van der Waals surface area contributed by atoms with Crippen molar-refractivity contribution in [1.82, 2.24) is 0 Å². The molecule has 0 unspecified atom stereocenters. The smallest absolute Gasteiger partial charge is 0.0544 e. The van der Waals surface area contributed by atoms with Gasteiger partial charge in [-0.1, -0.05) is 18.2 Å². The average molecular weight is 296 g/mol. The lowest BCUT2D eigenvalue weighted by Crippen LogP contribution is -1.91. The Balaban J connectivity index is 2.34. The summed E-state index contributed by atoms with van der Waals surface area (Å²) in [6.07, 6.45) is 0. The molecule has 2 heterocycles. The number of fused-ring (bicyclic) bond motifs is 5. The topological polar surface area (TPSA) is 0 Å². The van der Waals surface area contributed by atoms with Crippen LogP contribution >= 0.6 is 22.7 Å². The van der Waals surface area contributed by atoms with Crippen molar-refractivity contribution in [2.45, 2.75) is 27.7 Å². The van der Waals surface area contributed by atoms with E-state index in [2.05, 4.69) is 52.0 Å². The van der Waals surface area contributed by atoms with Gasteiger partial charge in [0.15, 0.2) is 0 Å². The van der Waals surface area contributed by atoms with E-state index in [0.717, 1.165) is 0 Å². The zero-order chi connectivity index (χ0) is 14.0. The van der Waals surface area contributed by atoms with Crippen LogP contribution in [0.15, 0.2) is 24.3 Å². The van der Waals surface area contributed by atoms with Gasteiger partial charge in [-0.2, -0.15) is 0 Å². The van der Waals surface area contributed by atoms with Gasteiger partial charge in [-0.05, 0) is 56.0 Å². The number of benzene rings is 2. The first-order valence-electron chi connectivity index (χ1n) is 6.89. The number of hydrogen-bond acceptors (Lipinski definition) is 2. The van der Waals surface area contributed by atoms with E-state index >= 15 is 0 Å². The molecule has 4 aromatic rings. The van der Waals surface area contributed by atoms with Crippen LogP contribution in [0.3, 0.4) is 0 Å². The summed E-state index contributed by atoms with van der Waals surface area (Å²) in [5, 5.41) is 2.91. The van der Waals surface area contributed by atoms with Gasteiger partial charge in [0.25, 0.3) is 0 Å². The number of hydrogen-bond donors (Lipinski definition) is 0. The standard InChI is InChI=1S/C18H16S2/c1-9-10(2)12(4)16-15(11(9)3)18-17(20-16)13-7-5-6-8-14(13)19-18/h5-8H,1-4H3. The highest BCUT2D eigenvalue weighted by atomic mass is 32.1. The average Bonchev–Trinajstić information content (AvgIpc) is 2.98. The molecule has 0 aliphatic heterocycles. The van der Waals surface area contributed by atoms with E-state index in [9.17, 15) is 0 Å². The van der Waals surface area contributed by atoms with E-state index in [-0.39, 0.29) is 0 Å². The van der Waals surface area contributed by atoms with Crippen molar-refractivity contribution in [2.75, 3.05) is 0 Å². The Labute approximate surface area is 126 Å². The molecule has 0 N–H and O–H groups in total. The molecule has 0 atom stereocenters. The van der Waals surface area contributed by atoms with Crippen molar-refractivity contribution in [3.05, 3.63) is 46.5 Å². The van der Waals surface area contributed by atoms with Crippen molar-refractivity contribution in [1.29, 1.82) is 0 Å². The molecule has 0 radical (unpaired) electrons. The highest BCUT2D eigenvalue weighted by Gasteiger charge is 2.17. The lowest BCUT2D eigenvalue weighted by Gasteiger charge is -2.10. The molecule has 0 saturated carbocycles. The Bertz CT molecular complexity index is 983. The van der Waals surface area contributed by atoms with Gasteiger partial charge < -0.3 is 0 Å². The fraction of sp³-hybridized carbons (Fsp3) is 0.222. The lowest BCUT2D eigenvalue weighted by atomic mass is 9.96. The van der Waals surface area contributed by atoms with Gasteiger partial charge in [0.2, 0.25) is 0 Å². The number of aryl methyl sites for hydroxylation is 2. The molecular formula is C18H16S2. The lowest BCUT2D eigenvalue weighted by molar-refractivity contribution is 1.26. The van der Waals surface area contributed by atoms with Crippen LogP contribution in [-0.2, 0) is 0 Å². The first-order valence-corrected chi connectivity index (χ1v) is 8.53. The molecule has 0 bridgehead atoms. The summed E-state index contributed by atoms with van der Waals surface area (Å²) in [7, 11) is 0. The molecule has 2 aromatic carbocycles. The van der Waals surface area contributed by atoms with Crippen LogP contribution in [-0.4, -0.2) is 0 Å². The predicted molar refractivity (Wildman–Crippen MR) is 93.7 cm³/mol. The third-order valence-electron chi connectivity index (χ3n) is 4.61. The molecule has 0 fully saturated rings. The second-order valence-corrected chi connectivity index (χ2v) is 7.64. The monoisotopic (exact) mass is 296 g/mol. The molecule has 0 nitrogen and oxygen atoms in total. The van der Waals surface area contributed by atoms with Crippen molar-refractivity contribution < 1.29 is 0 Å². The number of thiophene rings is 2. The van der Waals surface area contributed by atoms with E-state index in [1.807, 2.05) is 22.7 Å². The fourth-order valence-electron chi connectivity index (χ4n) is 3.07. The first-order chi connectivity index (χ1) is 9.59. The maximum absolute atomic E-state index is 2.28. The maximum Gasteiger partial charge on any atom is 0.0544 e. The van der Waals surface area contributed by atoms with Crippen molar-refractivity contribution in [2.24, 2.45) is 0 Å². The summed E-state index contributed by atoms with van der Waals surface area (Å²) >= 11 is 3.92. The van der Waals surface area contributed by atoms with Gasteiger partial charge in [-0.25, -0.2) is 0 Å². The van der Waals surface area contributed by atoms with E-state index in [0.29, 0.717) is 0 Å². The minimum Gasteiger partial charge on any atom is -0.134 e. The molecule has 2 aromatic heterocycles. The van der Waals surface area contributed by atoms with Crippen LogP contribution in [0.4, 0.5) is 0 Å². The molecular weight excluding hydrogens is 280 g/mol. The zero-order valence-electron chi connectivity index (χ0n) is 12.1. The molecule has 0 amide bonds. The Morgan fingerprint density at radius 2 is 1.35 bits per heavy atom. The molecule has 0 aliphatic carbocycles. The van der Waals surface area contributed by atoms with Crippen LogP contribution < -0.4 is 0 Å². The fourth-order valence-corrected chi connectivity index (χ4v) is 6.00. The molecule has 20 heavy (non-hydrogen) atoms. The minimum absolute atomic E-state index is 1.41. The second-order valence-electron chi connectivity index (χ2n) is 5.56. The minimum atomic E-state index is 1.41. The van der Waals surface area contributed by atoms with Crippen LogP contribution in [0.5, 0.6) is 0 Å². The summed E-state index contributed by atoms with van der Waals surface area (Å²) in [5.74, 6) is 0. The highest BCUT2D eigenvalue weighted by molar-refractivity contribution is 7.36. The summed E-state index contributed by atoms with van der Waals surface area (Å²) in [6.45, 7) is 9.06. The number of rotatable bonds is 0. The molecule has 0 saturated heterocycles. The molecule has 0 aliphatic rings. The van der Waals surface area contributed by atoms with Crippen LogP contribution in [0.25, 0.3) is 29.6 Å². The van der Waals surface area contributed by atoms with Gasteiger partial charge in [0.1, 0.15) is 0 Å². The van der Waals surface area contributed by atoms with Crippen LogP contribution in [0, 0.1) is 27.7 Å². The first kappa shape index (κ1) is 12.4. The predicted octanol–water partition coefficient (Wildman–Crippen LogP) is 6.50. The Morgan fingerprint density at radius 1 is 0.650 bits per heavy atom.